The van der Waals surface area contributed by atoms with Gasteiger partial charge in [-0.05, 0) is 44.0 Å². The zero-order valence-electron chi connectivity index (χ0n) is 19.9. The van der Waals surface area contributed by atoms with E-state index in [-0.39, 0.29) is 23.4 Å². The molecule has 1 atom stereocenters. The number of carbonyl (C=O) groups excluding carboxylic acids is 2. The molecule has 2 aliphatic rings. The smallest absolute Gasteiger partial charge is 0.270 e. The molecular weight excluding hydrogens is 455 g/mol. The molecule has 35 heavy (non-hydrogen) atoms. The van der Waals surface area contributed by atoms with Gasteiger partial charge in [0.15, 0.2) is 5.78 Å². The van der Waals surface area contributed by atoms with Crippen molar-refractivity contribution in [3.63, 3.8) is 0 Å². The fourth-order valence-electron chi connectivity index (χ4n) is 4.88. The topological polar surface area (TPSA) is 96.2 Å². The van der Waals surface area contributed by atoms with Gasteiger partial charge in [-0.15, -0.1) is 0 Å². The molecule has 1 amide bonds. The van der Waals surface area contributed by atoms with Gasteiger partial charge in [-0.3, -0.25) is 19.7 Å². The molecule has 2 saturated heterocycles. The number of hydrogen-bond acceptors (Lipinski definition) is 7. The molecule has 4 rings (SSSR count). The molecule has 2 aliphatic heterocycles. The molecule has 0 aromatic heterocycles. The fraction of sp³-hybridized carbons (Fsp3) is 0.440. The molecule has 2 fully saturated rings. The lowest BCUT2D eigenvalue weighted by Gasteiger charge is -2.37. The number of carbonyl (C=O) groups is 2. The number of methoxy groups -OCH3 is 1. The highest BCUT2D eigenvalue weighted by Crippen LogP contribution is 2.33. The summed E-state index contributed by atoms with van der Waals surface area (Å²) in [5.74, 6) is -0.958. The number of nitro benzene ring substituents is 1. The summed E-state index contributed by atoms with van der Waals surface area (Å²) in [4.78, 5) is 41.6. The highest BCUT2D eigenvalue weighted by Gasteiger charge is 2.32. The first kappa shape index (κ1) is 24.6. The van der Waals surface area contributed by atoms with Crippen LogP contribution in [0, 0.1) is 15.9 Å². The minimum Gasteiger partial charge on any atom is -0.383 e. The Kier molecular flexibility index (Phi) is 7.30. The lowest BCUT2D eigenvalue weighted by Crippen LogP contribution is -2.49. The monoisotopic (exact) mass is 484 g/mol. The number of hydrogen-bond donors (Lipinski definition) is 0. The Bertz CT molecular complexity index is 1130. The molecule has 10 heteroatoms. The summed E-state index contributed by atoms with van der Waals surface area (Å²) in [6, 6.07) is 8.96. The van der Waals surface area contributed by atoms with Gasteiger partial charge >= 0.3 is 0 Å². The number of non-ortho nitro benzene ring substituents is 1. The average molecular weight is 485 g/mol. The normalized spacial score (nSPS) is 18.1. The van der Waals surface area contributed by atoms with Crippen LogP contribution in [0.5, 0.6) is 0 Å². The van der Waals surface area contributed by atoms with Crippen molar-refractivity contribution in [3.05, 3.63) is 63.5 Å². The molecule has 2 aromatic carbocycles. The molecule has 0 radical (unpaired) electrons. The van der Waals surface area contributed by atoms with Gasteiger partial charge in [-0.1, -0.05) is 0 Å². The predicted molar refractivity (Wildman–Crippen MR) is 130 cm³/mol. The van der Waals surface area contributed by atoms with Crippen LogP contribution in [-0.2, 0) is 4.74 Å². The molecule has 2 aromatic rings. The average Bonchev–Trinajstić information content (AvgIpc) is 3.31. The number of Topliss-reactive ketones (excluding diaryl/α,β-unsaturated/α-hetero) is 1. The van der Waals surface area contributed by atoms with Crippen LogP contribution in [0.15, 0.2) is 36.4 Å². The van der Waals surface area contributed by atoms with Gasteiger partial charge < -0.3 is 19.4 Å². The maximum Gasteiger partial charge on any atom is 0.270 e. The van der Waals surface area contributed by atoms with E-state index in [1.54, 1.807) is 30.2 Å². The first-order chi connectivity index (χ1) is 16.8. The van der Waals surface area contributed by atoms with Crippen molar-refractivity contribution in [2.75, 3.05) is 56.2 Å². The Morgan fingerprint density at radius 1 is 1.09 bits per heavy atom. The van der Waals surface area contributed by atoms with Gasteiger partial charge in [-0.2, -0.15) is 0 Å². The third-order valence-electron chi connectivity index (χ3n) is 6.73. The molecule has 2 heterocycles. The van der Waals surface area contributed by atoms with Crippen molar-refractivity contribution in [1.29, 1.82) is 0 Å². The molecule has 186 valence electrons. The molecule has 1 unspecified atom stereocenters. The van der Waals surface area contributed by atoms with Crippen LogP contribution in [0.4, 0.5) is 21.5 Å². The SMILES string of the molecule is COCC1CCCN1c1ccc([N+](=O)[O-])cc1C(=O)N1CCN(c2ccc(C(C)=O)cc2F)CC1. The van der Waals surface area contributed by atoms with E-state index in [9.17, 15) is 24.1 Å². The van der Waals surface area contributed by atoms with E-state index < -0.39 is 10.7 Å². The Balaban J connectivity index is 1.54. The summed E-state index contributed by atoms with van der Waals surface area (Å²) in [5, 5.41) is 11.4. The molecular formula is C25H29FN4O5. The largest absolute Gasteiger partial charge is 0.383 e. The van der Waals surface area contributed by atoms with E-state index in [2.05, 4.69) is 4.90 Å². The van der Waals surface area contributed by atoms with Gasteiger partial charge in [0.25, 0.3) is 11.6 Å². The van der Waals surface area contributed by atoms with E-state index in [1.807, 2.05) is 4.90 Å². The first-order valence-corrected chi connectivity index (χ1v) is 11.7. The lowest BCUT2D eigenvalue weighted by atomic mass is 10.1. The van der Waals surface area contributed by atoms with Crippen molar-refractivity contribution in [2.45, 2.75) is 25.8 Å². The number of rotatable bonds is 7. The molecule has 0 spiro atoms. The Labute approximate surface area is 203 Å². The zero-order chi connectivity index (χ0) is 25.1. The van der Waals surface area contributed by atoms with E-state index in [4.69, 9.17) is 4.74 Å². The molecule has 0 saturated carbocycles. The summed E-state index contributed by atoms with van der Waals surface area (Å²) in [6.07, 6.45) is 1.87. The number of benzene rings is 2. The number of ether oxygens (including phenoxy) is 1. The van der Waals surface area contributed by atoms with Crippen LogP contribution in [0.3, 0.4) is 0 Å². The van der Waals surface area contributed by atoms with E-state index >= 15 is 0 Å². The van der Waals surface area contributed by atoms with Crippen LogP contribution in [0.1, 0.15) is 40.5 Å². The van der Waals surface area contributed by atoms with Crippen LogP contribution >= 0.6 is 0 Å². The quantitative estimate of drug-likeness (QED) is 0.337. The zero-order valence-corrected chi connectivity index (χ0v) is 19.9. The molecule has 0 N–H and O–H groups in total. The molecule has 0 aliphatic carbocycles. The Morgan fingerprint density at radius 3 is 2.43 bits per heavy atom. The van der Waals surface area contributed by atoms with Crippen molar-refractivity contribution < 1.29 is 23.6 Å². The highest BCUT2D eigenvalue weighted by atomic mass is 19.1. The van der Waals surface area contributed by atoms with Crippen LogP contribution < -0.4 is 9.80 Å². The minimum absolute atomic E-state index is 0.103. The number of nitrogens with zero attached hydrogens (tertiary/aromatic N) is 4. The first-order valence-electron chi connectivity index (χ1n) is 11.7. The minimum atomic E-state index is -0.497. The van der Waals surface area contributed by atoms with Crippen LogP contribution in [0.2, 0.25) is 0 Å². The van der Waals surface area contributed by atoms with Gasteiger partial charge in [0.1, 0.15) is 5.82 Å². The number of nitro groups is 1. The van der Waals surface area contributed by atoms with E-state index in [0.717, 1.165) is 19.4 Å². The maximum atomic E-state index is 14.6. The second kappa shape index (κ2) is 10.4. The summed E-state index contributed by atoms with van der Waals surface area (Å²) in [7, 11) is 1.63. The third kappa shape index (κ3) is 5.12. The summed E-state index contributed by atoms with van der Waals surface area (Å²) in [5.41, 5.74) is 1.54. The second-order valence-electron chi connectivity index (χ2n) is 8.90. The van der Waals surface area contributed by atoms with Crippen LogP contribution in [0.25, 0.3) is 0 Å². The van der Waals surface area contributed by atoms with Crippen molar-refractivity contribution in [1.82, 2.24) is 4.90 Å². The van der Waals surface area contributed by atoms with Crippen molar-refractivity contribution in [2.24, 2.45) is 0 Å². The highest BCUT2D eigenvalue weighted by molar-refractivity contribution is 6.01. The maximum absolute atomic E-state index is 14.6. The number of anilines is 2. The Hall–Kier alpha value is -3.53. The predicted octanol–water partition coefficient (Wildman–Crippen LogP) is 3.51. The standard InChI is InChI=1S/C25H29FN4O5/c1-17(31)18-5-7-24(22(26)14-18)27-10-12-28(13-11-27)25(32)21-15-19(30(33)34)6-8-23(21)29-9-3-4-20(29)16-35-2/h5-8,14-15,20H,3-4,9-13,16H2,1-2H3. The number of amides is 1. The fourth-order valence-corrected chi connectivity index (χ4v) is 4.88. The van der Waals surface area contributed by atoms with Gasteiger partial charge in [0.05, 0.1) is 34.5 Å². The second-order valence-corrected chi connectivity index (χ2v) is 8.90. The number of piperazine rings is 1. The number of ketones is 1. The molecule has 0 bridgehead atoms. The van der Waals surface area contributed by atoms with Gasteiger partial charge in [0.2, 0.25) is 0 Å². The number of halogens is 1. The summed E-state index contributed by atoms with van der Waals surface area (Å²) >= 11 is 0. The van der Waals surface area contributed by atoms with Gasteiger partial charge in [0, 0.05) is 57.5 Å². The van der Waals surface area contributed by atoms with Gasteiger partial charge in [-0.25, -0.2) is 4.39 Å². The van der Waals surface area contributed by atoms with E-state index in [0.29, 0.717) is 55.3 Å². The van der Waals surface area contributed by atoms with Crippen molar-refractivity contribution >= 4 is 28.8 Å². The summed E-state index contributed by atoms with van der Waals surface area (Å²) in [6.45, 7) is 4.14. The molecule has 9 nitrogen and oxygen atoms in total. The Morgan fingerprint density at radius 2 is 1.80 bits per heavy atom. The summed E-state index contributed by atoms with van der Waals surface area (Å²) < 4.78 is 19.9. The lowest BCUT2D eigenvalue weighted by molar-refractivity contribution is -0.384. The van der Waals surface area contributed by atoms with E-state index in [1.165, 1.54) is 25.1 Å². The van der Waals surface area contributed by atoms with Crippen LogP contribution in [-0.4, -0.2) is 74.0 Å². The van der Waals surface area contributed by atoms with Crippen molar-refractivity contribution in [3.8, 4) is 0 Å². The third-order valence-corrected chi connectivity index (χ3v) is 6.73.